The quantitative estimate of drug-likeness (QED) is 0.483. The highest BCUT2D eigenvalue weighted by Crippen LogP contribution is 2.19. The molecule has 0 aliphatic rings. The van der Waals surface area contributed by atoms with Crippen LogP contribution >= 0.6 is 0 Å². The van der Waals surface area contributed by atoms with Crippen molar-refractivity contribution < 1.29 is 0 Å². The molecule has 4 aromatic rings. The lowest BCUT2D eigenvalue weighted by Gasteiger charge is -2.03. The second-order valence-corrected chi connectivity index (χ2v) is 4.38. The molecule has 3 N–H and O–H groups in total. The molecule has 0 amide bonds. The number of nitrogens with one attached hydrogen (secondary N) is 1. The summed E-state index contributed by atoms with van der Waals surface area (Å²) in [4.78, 5) is 15.6. The number of rotatable bonds is 1. The van der Waals surface area contributed by atoms with E-state index in [0.717, 1.165) is 10.9 Å². The van der Waals surface area contributed by atoms with Gasteiger partial charge in [0.15, 0.2) is 11.5 Å². The molecule has 3 aromatic heterocycles. The van der Waals surface area contributed by atoms with Crippen LogP contribution in [0.4, 0.5) is 5.69 Å². The maximum atomic E-state index is 11.4. The van der Waals surface area contributed by atoms with Gasteiger partial charge < -0.3 is 5.73 Å². The second kappa shape index (κ2) is 3.67. The van der Waals surface area contributed by atoms with E-state index in [9.17, 15) is 4.79 Å². The smallest absolute Gasteiger partial charge is 0.348 e. The molecule has 4 rings (SSSR count). The number of hydrogen-bond donors (Lipinski definition) is 2. The molecule has 0 saturated carbocycles. The first-order valence-corrected chi connectivity index (χ1v) is 5.89. The van der Waals surface area contributed by atoms with Crippen LogP contribution in [-0.4, -0.2) is 29.4 Å². The predicted molar refractivity (Wildman–Crippen MR) is 72.6 cm³/mol. The van der Waals surface area contributed by atoms with Crippen molar-refractivity contribution in [2.45, 2.75) is 0 Å². The normalized spacial score (nSPS) is 11.4. The summed E-state index contributed by atoms with van der Waals surface area (Å²) < 4.78 is 2.98. The van der Waals surface area contributed by atoms with Crippen molar-refractivity contribution >= 4 is 22.2 Å². The minimum absolute atomic E-state index is 0.325. The van der Waals surface area contributed by atoms with Gasteiger partial charge in [-0.1, -0.05) is 0 Å². The van der Waals surface area contributed by atoms with Crippen molar-refractivity contribution in [3.8, 4) is 5.82 Å². The molecule has 1 aromatic carbocycles. The van der Waals surface area contributed by atoms with Gasteiger partial charge in [0, 0.05) is 17.1 Å². The van der Waals surface area contributed by atoms with Crippen molar-refractivity contribution in [1.82, 2.24) is 29.4 Å². The molecule has 0 fully saturated rings. The molecule has 3 heterocycles. The van der Waals surface area contributed by atoms with Crippen LogP contribution in [-0.2, 0) is 0 Å². The fourth-order valence-electron chi connectivity index (χ4n) is 2.13. The highest BCUT2D eigenvalue weighted by atomic mass is 16.1. The molecule has 0 saturated heterocycles. The number of aromatic nitrogens is 6. The highest BCUT2D eigenvalue weighted by molar-refractivity contribution is 5.83. The number of nitrogens with zero attached hydrogens (tertiary/aromatic N) is 5. The molecule has 0 bridgehead atoms. The number of aromatic amines is 1. The van der Waals surface area contributed by atoms with Gasteiger partial charge >= 0.3 is 5.69 Å². The maximum Gasteiger partial charge on any atom is 0.348 e. The Labute approximate surface area is 111 Å². The van der Waals surface area contributed by atoms with E-state index in [0.29, 0.717) is 17.2 Å². The number of hydrogen-bond acceptors (Lipinski definition) is 5. The average Bonchev–Trinajstić information content (AvgIpc) is 3.02. The van der Waals surface area contributed by atoms with E-state index in [4.69, 9.17) is 5.73 Å². The number of fused-ring (bicyclic) bond motifs is 2. The summed E-state index contributed by atoms with van der Waals surface area (Å²) in [7, 11) is 0. The van der Waals surface area contributed by atoms with E-state index in [1.807, 2.05) is 18.2 Å². The lowest BCUT2D eigenvalue weighted by atomic mass is 10.2. The Morgan fingerprint density at radius 2 is 2.15 bits per heavy atom. The van der Waals surface area contributed by atoms with Crippen molar-refractivity contribution in [1.29, 1.82) is 0 Å². The summed E-state index contributed by atoms with van der Waals surface area (Å²) in [5.41, 5.74) is 7.45. The minimum Gasteiger partial charge on any atom is -0.399 e. The SMILES string of the molecule is Nc1ccc2cnn(-c3cc4n[nH]c(=O)n4cn3)c2c1. The predicted octanol–water partition coefficient (Wildman–Crippen LogP) is 0.339. The Balaban J connectivity index is 2.00. The molecule has 0 aliphatic carbocycles. The third-order valence-electron chi connectivity index (χ3n) is 3.11. The Kier molecular flexibility index (Phi) is 1.97. The highest BCUT2D eigenvalue weighted by Gasteiger charge is 2.08. The Morgan fingerprint density at radius 3 is 3.05 bits per heavy atom. The van der Waals surface area contributed by atoms with E-state index < -0.39 is 0 Å². The first kappa shape index (κ1) is 10.7. The number of nitrogens with two attached hydrogens (primary N) is 1. The van der Waals surface area contributed by atoms with Gasteiger partial charge in [-0.3, -0.25) is 0 Å². The zero-order chi connectivity index (χ0) is 13.7. The standard InChI is InChI=1S/C12H9N7O/c13-8-2-1-7-5-15-19(9(7)3-8)10-4-11-16-17-12(20)18(11)6-14-10/h1-6H,13H2,(H,17,20). The summed E-state index contributed by atoms with van der Waals surface area (Å²) in [6.07, 6.45) is 3.15. The summed E-state index contributed by atoms with van der Waals surface area (Å²) in [6, 6.07) is 7.21. The van der Waals surface area contributed by atoms with Crippen molar-refractivity contribution in [2.24, 2.45) is 0 Å². The van der Waals surface area contributed by atoms with Gasteiger partial charge in [0.25, 0.3) is 0 Å². The number of benzene rings is 1. The largest absolute Gasteiger partial charge is 0.399 e. The minimum atomic E-state index is -0.325. The molecule has 20 heavy (non-hydrogen) atoms. The van der Waals surface area contributed by atoms with Crippen LogP contribution in [0.1, 0.15) is 0 Å². The van der Waals surface area contributed by atoms with E-state index in [1.54, 1.807) is 16.9 Å². The van der Waals surface area contributed by atoms with Gasteiger partial charge in [0.1, 0.15) is 6.33 Å². The molecule has 0 radical (unpaired) electrons. The van der Waals surface area contributed by atoms with Crippen molar-refractivity contribution in [2.75, 3.05) is 5.73 Å². The molecule has 0 unspecified atom stereocenters. The van der Waals surface area contributed by atoms with Crippen LogP contribution < -0.4 is 11.4 Å². The average molecular weight is 267 g/mol. The summed E-state index contributed by atoms with van der Waals surface area (Å²) in [5.74, 6) is 0.567. The van der Waals surface area contributed by atoms with E-state index in [-0.39, 0.29) is 5.69 Å². The van der Waals surface area contributed by atoms with Crippen LogP contribution in [0.5, 0.6) is 0 Å². The van der Waals surface area contributed by atoms with Crippen LogP contribution in [0.2, 0.25) is 0 Å². The third-order valence-corrected chi connectivity index (χ3v) is 3.11. The Morgan fingerprint density at radius 1 is 1.25 bits per heavy atom. The van der Waals surface area contributed by atoms with Crippen molar-refractivity contribution in [3.63, 3.8) is 0 Å². The van der Waals surface area contributed by atoms with Gasteiger partial charge in [0.05, 0.1) is 11.7 Å². The molecule has 0 atom stereocenters. The first-order valence-electron chi connectivity index (χ1n) is 5.89. The number of nitrogen functional groups attached to an aromatic ring is 1. The van der Waals surface area contributed by atoms with Crippen LogP contribution in [0.15, 0.2) is 41.6 Å². The first-order chi connectivity index (χ1) is 9.72. The summed E-state index contributed by atoms with van der Waals surface area (Å²) >= 11 is 0. The Bertz CT molecular complexity index is 994. The van der Waals surface area contributed by atoms with Gasteiger partial charge in [0.2, 0.25) is 0 Å². The maximum absolute atomic E-state index is 11.4. The molecule has 8 nitrogen and oxygen atoms in total. The fraction of sp³-hybridized carbons (Fsp3) is 0. The number of H-pyrrole nitrogens is 1. The number of anilines is 1. The molecular formula is C12H9N7O. The van der Waals surface area contributed by atoms with Crippen LogP contribution in [0.25, 0.3) is 22.4 Å². The van der Waals surface area contributed by atoms with Gasteiger partial charge in [-0.2, -0.15) is 10.2 Å². The Hall–Kier alpha value is -3.16. The molecule has 0 spiro atoms. The van der Waals surface area contributed by atoms with E-state index >= 15 is 0 Å². The van der Waals surface area contributed by atoms with Crippen LogP contribution in [0.3, 0.4) is 0 Å². The van der Waals surface area contributed by atoms with E-state index in [1.165, 1.54) is 10.7 Å². The summed E-state index contributed by atoms with van der Waals surface area (Å²) in [5, 5.41) is 11.5. The fourth-order valence-corrected chi connectivity index (χ4v) is 2.13. The van der Waals surface area contributed by atoms with Crippen molar-refractivity contribution in [3.05, 3.63) is 47.3 Å². The van der Waals surface area contributed by atoms with Crippen LogP contribution in [0, 0.1) is 0 Å². The topological polar surface area (TPSA) is 107 Å². The van der Waals surface area contributed by atoms with Gasteiger partial charge in [-0.25, -0.2) is 24.0 Å². The van der Waals surface area contributed by atoms with Gasteiger partial charge in [-0.15, -0.1) is 0 Å². The molecule has 0 aliphatic heterocycles. The summed E-state index contributed by atoms with van der Waals surface area (Å²) in [6.45, 7) is 0. The van der Waals surface area contributed by atoms with E-state index in [2.05, 4.69) is 20.3 Å². The lowest BCUT2D eigenvalue weighted by Crippen LogP contribution is -2.10. The lowest BCUT2D eigenvalue weighted by molar-refractivity contribution is 0.859. The molecule has 98 valence electrons. The second-order valence-electron chi connectivity index (χ2n) is 4.38. The zero-order valence-corrected chi connectivity index (χ0v) is 10.2. The molecular weight excluding hydrogens is 258 g/mol. The molecule has 8 heteroatoms. The monoisotopic (exact) mass is 267 g/mol. The van der Waals surface area contributed by atoms with Gasteiger partial charge in [-0.05, 0) is 18.2 Å². The zero-order valence-electron chi connectivity index (χ0n) is 10.2. The third kappa shape index (κ3) is 1.41.